The standard InChI is InChI=1S/C29H39N7O2/c1-21-3-2-4-25(19-21)36-27(20-35(29(36)37)24-10-17-38-18-11-24)26-9-12-31-28(33-26)32-22-5-7-23(8-6-22)34-15-13-30-14-16-34/h2-4,9,12,19-20,22-24,30H,5-8,10-11,13-18H2,1H3,(H,31,32,33)/t22-,23-. The number of benzene rings is 1. The number of nitrogens with zero attached hydrogens (tertiary/aromatic N) is 5. The average Bonchev–Trinajstić information content (AvgIpc) is 3.31. The lowest BCUT2D eigenvalue weighted by Crippen LogP contribution is -2.50. The maximum absolute atomic E-state index is 13.8. The predicted octanol–water partition coefficient (Wildman–Crippen LogP) is 3.38. The summed E-state index contributed by atoms with van der Waals surface area (Å²) >= 11 is 0. The summed E-state index contributed by atoms with van der Waals surface area (Å²) in [6.07, 6.45) is 10.1. The van der Waals surface area contributed by atoms with Crippen LogP contribution in [0.2, 0.25) is 0 Å². The van der Waals surface area contributed by atoms with Crippen molar-refractivity contribution in [3.63, 3.8) is 0 Å². The molecule has 3 aliphatic rings. The van der Waals surface area contributed by atoms with Gasteiger partial charge in [0.25, 0.3) is 0 Å². The van der Waals surface area contributed by atoms with Gasteiger partial charge in [-0.2, -0.15) is 0 Å². The average molecular weight is 518 g/mol. The number of aryl methyl sites for hydroxylation is 1. The summed E-state index contributed by atoms with van der Waals surface area (Å²) in [5.74, 6) is 0.634. The van der Waals surface area contributed by atoms with E-state index in [9.17, 15) is 4.79 Å². The van der Waals surface area contributed by atoms with Crippen molar-refractivity contribution >= 4 is 5.95 Å². The van der Waals surface area contributed by atoms with Crippen molar-refractivity contribution in [2.75, 3.05) is 44.7 Å². The number of hydrogen-bond donors (Lipinski definition) is 2. The van der Waals surface area contributed by atoms with E-state index in [2.05, 4.69) is 26.6 Å². The van der Waals surface area contributed by atoms with Crippen molar-refractivity contribution < 1.29 is 4.74 Å². The molecule has 38 heavy (non-hydrogen) atoms. The van der Waals surface area contributed by atoms with E-state index in [4.69, 9.17) is 9.72 Å². The highest BCUT2D eigenvalue weighted by molar-refractivity contribution is 5.59. The Hall–Kier alpha value is -3.01. The Bertz CT molecular complexity index is 1280. The molecule has 0 bridgehead atoms. The quantitative estimate of drug-likeness (QED) is 0.518. The van der Waals surface area contributed by atoms with Crippen molar-refractivity contribution in [1.82, 2.24) is 29.3 Å². The number of aromatic nitrogens is 4. The van der Waals surface area contributed by atoms with Gasteiger partial charge in [-0.1, -0.05) is 12.1 Å². The van der Waals surface area contributed by atoms with Crippen molar-refractivity contribution in [2.24, 2.45) is 0 Å². The Balaban J connectivity index is 1.25. The number of anilines is 1. The molecule has 2 saturated heterocycles. The topological polar surface area (TPSA) is 89.2 Å². The minimum Gasteiger partial charge on any atom is -0.381 e. The molecule has 1 aromatic carbocycles. The fourth-order valence-corrected chi connectivity index (χ4v) is 6.27. The lowest BCUT2D eigenvalue weighted by Gasteiger charge is -2.39. The summed E-state index contributed by atoms with van der Waals surface area (Å²) in [5.41, 5.74) is 3.48. The molecule has 9 nitrogen and oxygen atoms in total. The highest BCUT2D eigenvalue weighted by atomic mass is 16.5. The number of hydrogen-bond acceptors (Lipinski definition) is 7. The summed E-state index contributed by atoms with van der Waals surface area (Å²) in [7, 11) is 0. The van der Waals surface area contributed by atoms with E-state index < -0.39 is 0 Å². The van der Waals surface area contributed by atoms with Crippen molar-refractivity contribution in [2.45, 2.75) is 63.6 Å². The van der Waals surface area contributed by atoms with Crippen molar-refractivity contribution in [1.29, 1.82) is 0 Å². The third kappa shape index (κ3) is 5.41. The summed E-state index contributed by atoms with van der Waals surface area (Å²) in [4.78, 5) is 25.9. The van der Waals surface area contributed by atoms with Crippen LogP contribution in [-0.4, -0.2) is 75.5 Å². The molecule has 0 spiro atoms. The third-order valence-electron chi connectivity index (χ3n) is 8.37. The van der Waals surface area contributed by atoms with Gasteiger partial charge in [-0.15, -0.1) is 0 Å². The van der Waals surface area contributed by atoms with E-state index in [-0.39, 0.29) is 11.7 Å². The van der Waals surface area contributed by atoms with Gasteiger partial charge in [-0.05, 0) is 69.2 Å². The smallest absolute Gasteiger partial charge is 0.333 e. The van der Waals surface area contributed by atoms with E-state index in [1.54, 1.807) is 10.8 Å². The molecule has 9 heteroatoms. The van der Waals surface area contributed by atoms with E-state index in [0.29, 0.717) is 31.2 Å². The van der Waals surface area contributed by atoms with Crippen molar-refractivity contribution in [3.05, 3.63) is 58.8 Å². The monoisotopic (exact) mass is 517 g/mol. The normalized spacial score (nSPS) is 23.4. The van der Waals surface area contributed by atoms with Gasteiger partial charge in [0.2, 0.25) is 5.95 Å². The van der Waals surface area contributed by atoms with Gasteiger partial charge in [0, 0.05) is 69.9 Å². The first-order valence-electron chi connectivity index (χ1n) is 14.2. The molecule has 0 radical (unpaired) electrons. The van der Waals surface area contributed by atoms with Gasteiger partial charge in [-0.3, -0.25) is 14.0 Å². The highest BCUT2D eigenvalue weighted by Crippen LogP contribution is 2.28. The molecule has 0 unspecified atom stereocenters. The van der Waals surface area contributed by atoms with Crippen LogP contribution in [0.3, 0.4) is 0 Å². The van der Waals surface area contributed by atoms with Crippen molar-refractivity contribution in [3.8, 4) is 17.1 Å². The van der Waals surface area contributed by atoms with Crippen LogP contribution in [0.1, 0.15) is 50.1 Å². The molecule has 6 rings (SSSR count). The summed E-state index contributed by atoms with van der Waals surface area (Å²) in [5, 5.41) is 7.06. The first-order chi connectivity index (χ1) is 18.7. The molecule has 3 aromatic rings. The largest absolute Gasteiger partial charge is 0.381 e. The Kier molecular flexibility index (Phi) is 7.58. The Morgan fingerprint density at radius 2 is 1.79 bits per heavy atom. The van der Waals surface area contributed by atoms with E-state index in [1.807, 2.05) is 42.0 Å². The fourth-order valence-electron chi connectivity index (χ4n) is 6.27. The highest BCUT2D eigenvalue weighted by Gasteiger charge is 2.27. The Morgan fingerprint density at radius 3 is 2.55 bits per heavy atom. The van der Waals surface area contributed by atoms with E-state index >= 15 is 0 Å². The molecule has 2 aliphatic heterocycles. The van der Waals surface area contributed by atoms with E-state index in [1.165, 1.54) is 12.8 Å². The van der Waals surface area contributed by atoms with Crippen LogP contribution in [0.15, 0.2) is 47.5 Å². The zero-order valence-corrected chi connectivity index (χ0v) is 22.3. The first-order valence-corrected chi connectivity index (χ1v) is 14.2. The molecule has 1 saturated carbocycles. The molecule has 3 fully saturated rings. The zero-order chi connectivity index (χ0) is 25.9. The van der Waals surface area contributed by atoms with Gasteiger partial charge in [-0.25, -0.2) is 14.8 Å². The van der Waals surface area contributed by atoms with Crippen LogP contribution in [-0.2, 0) is 4.74 Å². The van der Waals surface area contributed by atoms with Gasteiger partial charge in [0.1, 0.15) is 0 Å². The summed E-state index contributed by atoms with van der Waals surface area (Å²) in [6, 6.07) is 11.2. The molecule has 202 valence electrons. The number of nitrogens with one attached hydrogen (secondary N) is 2. The third-order valence-corrected chi connectivity index (χ3v) is 8.37. The molecular weight excluding hydrogens is 478 g/mol. The van der Waals surface area contributed by atoms with Crippen LogP contribution in [0, 0.1) is 6.92 Å². The number of imidazole rings is 1. The molecule has 2 aromatic heterocycles. The van der Waals surface area contributed by atoms with Crippen LogP contribution < -0.4 is 16.3 Å². The zero-order valence-electron chi connectivity index (χ0n) is 22.3. The first kappa shape index (κ1) is 25.3. The fraction of sp³-hybridized carbons (Fsp3) is 0.552. The molecular formula is C29H39N7O2. The number of ether oxygens (including phenoxy) is 1. The molecule has 2 N–H and O–H groups in total. The second kappa shape index (κ2) is 11.4. The van der Waals surface area contributed by atoms with Gasteiger partial charge >= 0.3 is 5.69 Å². The SMILES string of the molecule is Cc1cccc(-n2c(-c3ccnc(N[C@H]4CC[C@H](N5CCNCC5)CC4)n3)cn(C3CCOCC3)c2=O)c1. The van der Waals surface area contributed by atoms with Crippen LogP contribution in [0.5, 0.6) is 0 Å². The summed E-state index contributed by atoms with van der Waals surface area (Å²) in [6.45, 7) is 7.92. The Morgan fingerprint density at radius 1 is 1.00 bits per heavy atom. The molecule has 1 aliphatic carbocycles. The second-order valence-electron chi connectivity index (χ2n) is 10.9. The van der Waals surface area contributed by atoms with Gasteiger partial charge < -0.3 is 15.4 Å². The molecule has 0 atom stereocenters. The minimum atomic E-state index is -0.0307. The summed E-state index contributed by atoms with van der Waals surface area (Å²) < 4.78 is 9.24. The van der Waals surface area contributed by atoms with Crippen LogP contribution >= 0.6 is 0 Å². The van der Waals surface area contributed by atoms with Gasteiger partial charge in [0.15, 0.2) is 0 Å². The van der Waals surface area contributed by atoms with E-state index in [0.717, 1.165) is 74.5 Å². The molecule has 4 heterocycles. The van der Waals surface area contributed by atoms with Gasteiger partial charge in [0.05, 0.1) is 17.1 Å². The van der Waals surface area contributed by atoms with Crippen LogP contribution in [0.4, 0.5) is 5.95 Å². The maximum atomic E-state index is 13.8. The van der Waals surface area contributed by atoms with Crippen LogP contribution in [0.25, 0.3) is 17.1 Å². The minimum absolute atomic E-state index is 0.0307. The maximum Gasteiger partial charge on any atom is 0.333 e. The second-order valence-corrected chi connectivity index (χ2v) is 10.9. The molecule has 0 amide bonds. The number of rotatable bonds is 6. The number of piperazine rings is 1. The Labute approximate surface area is 224 Å². The lowest BCUT2D eigenvalue weighted by molar-refractivity contribution is 0.0686. The predicted molar refractivity (Wildman–Crippen MR) is 149 cm³/mol. The lowest BCUT2D eigenvalue weighted by atomic mass is 9.90.